The number of carbonyl (C=O) groups is 2. The van der Waals surface area contributed by atoms with Gasteiger partial charge < -0.3 is 15.1 Å². The first-order chi connectivity index (χ1) is 9.56. The van der Waals surface area contributed by atoms with Gasteiger partial charge in [-0.1, -0.05) is 45.4 Å². The molecule has 1 amide bonds. The van der Waals surface area contributed by atoms with Crippen molar-refractivity contribution in [1.29, 1.82) is 0 Å². The van der Waals surface area contributed by atoms with E-state index in [4.69, 9.17) is 5.11 Å². The minimum absolute atomic E-state index is 0.137. The van der Waals surface area contributed by atoms with Crippen LogP contribution in [0.5, 0.6) is 0 Å². The summed E-state index contributed by atoms with van der Waals surface area (Å²) in [6.07, 6.45) is 7.77. The summed E-state index contributed by atoms with van der Waals surface area (Å²) in [7, 11) is 0. The van der Waals surface area contributed by atoms with E-state index >= 15 is 0 Å². The quantitative estimate of drug-likeness (QED) is 0.636. The average molecular weight is 285 g/mol. The highest BCUT2D eigenvalue weighted by atomic mass is 16.4. The van der Waals surface area contributed by atoms with Crippen LogP contribution in [0.2, 0.25) is 0 Å². The predicted octanol–water partition coefficient (Wildman–Crippen LogP) is 2.17. The van der Waals surface area contributed by atoms with Crippen molar-refractivity contribution in [3.05, 3.63) is 0 Å². The first-order valence-electron chi connectivity index (χ1n) is 7.76. The molecule has 0 spiro atoms. The van der Waals surface area contributed by atoms with Crippen molar-refractivity contribution in [2.45, 2.75) is 76.9 Å². The molecule has 5 heteroatoms. The average Bonchev–Trinajstić information content (AvgIpc) is 2.80. The van der Waals surface area contributed by atoms with Crippen molar-refractivity contribution in [1.82, 2.24) is 4.90 Å². The molecule has 0 aromatic carbocycles. The van der Waals surface area contributed by atoms with Crippen LogP contribution in [0.15, 0.2) is 0 Å². The Morgan fingerprint density at radius 3 is 2.30 bits per heavy atom. The summed E-state index contributed by atoms with van der Waals surface area (Å²) in [6, 6.07) is -0.845. The molecule has 2 atom stereocenters. The van der Waals surface area contributed by atoms with Crippen molar-refractivity contribution >= 4 is 11.9 Å². The van der Waals surface area contributed by atoms with Gasteiger partial charge in [0.2, 0.25) is 5.91 Å². The van der Waals surface area contributed by atoms with Crippen LogP contribution in [0.25, 0.3) is 0 Å². The van der Waals surface area contributed by atoms with Gasteiger partial charge in [-0.3, -0.25) is 4.79 Å². The highest BCUT2D eigenvalue weighted by Crippen LogP contribution is 2.20. The minimum atomic E-state index is -1.02. The number of hydrogen-bond donors (Lipinski definition) is 2. The maximum absolute atomic E-state index is 12.0. The number of rotatable bonds is 9. The maximum Gasteiger partial charge on any atom is 0.326 e. The standard InChI is InChI=1S/C15H27NO4/c1-2-3-4-5-6-7-8-9-14(18)16-11-12(17)10-13(16)15(19)20/h12-13,17H,2-11H2,1H3,(H,19,20)/t12-,13-/m1/s1. The fourth-order valence-corrected chi connectivity index (χ4v) is 2.70. The molecule has 0 bridgehead atoms. The smallest absolute Gasteiger partial charge is 0.326 e. The monoisotopic (exact) mass is 285 g/mol. The minimum Gasteiger partial charge on any atom is -0.480 e. The molecule has 0 saturated carbocycles. The van der Waals surface area contributed by atoms with Crippen LogP contribution in [-0.4, -0.2) is 45.7 Å². The fraction of sp³-hybridized carbons (Fsp3) is 0.867. The lowest BCUT2D eigenvalue weighted by Gasteiger charge is -2.21. The molecular weight excluding hydrogens is 258 g/mol. The molecule has 1 aliphatic heterocycles. The van der Waals surface area contributed by atoms with Gasteiger partial charge >= 0.3 is 5.97 Å². The summed E-state index contributed by atoms with van der Waals surface area (Å²) >= 11 is 0. The van der Waals surface area contributed by atoms with E-state index in [2.05, 4.69) is 6.92 Å². The van der Waals surface area contributed by atoms with E-state index in [0.29, 0.717) is 6.42 Å². The number of unbranched alkanes of at least 4 members (excludes halogenated alkanes) is 6. The third-order valence-corrected chi connectivity index (χ3v) is 3.88. The second-order valence-corrected chi connectivity index (χ2v) is 5.66. The summed E-state index contributed by atoms with van der Waals surface area (Å²) in [4.78, 5) is 24.3. The number of aliphatic hydroxyl groups is 1. The summed E-state index contributed by atoms with van der Waals surface area (Å²) in [5.41, 5.74) is 0. The highest BCUT2D eigenvalue weighted by molar-refractivity contribution is 5.84. The number of hydrogen-bond acceptors (Lipinski definition) is 3. The Balaban J connectivity index is 2.20. The van der Waals surface area contributed by atoms with Gasteiger partial charge in [0.25, 0.3) is 0 Å². The maximum atomic E-state index is 12.0. The van der Waals surface area contributed by atoms with E-state index in [9.17, 15) is 14.7 Å². The second-order valence-electron chi connectivity index (χ2n) is 5.66. The topological polar surface area (TPSA) is 77.8 Å². The Bertz CT molecular complexity index is 319. The number of carboxylic acid groups (broad SMARTS) is 1. The van der Waals surface area contributed by atoms with Crippen LogP contribution in [0.1, 0.15) is 64.7 Å². The number of nitrogens with zero attached hydrogens (tertiary/aromatic N) is 1. The molecule has 0 aromatic heterocycles. The number of amides is 1. The van der Waals surface area contributed by atoms with E-state index in [1.165, 1.54) is 30.6 Å². The van der Waals surface area contributed by atoms with Gasteiger partial charge in [0.05, 0.1) is 6.10 Å². The molecule has 0 unspecified atom stereocenters. The van der Waals surface area contributed by atoms with Crippen LogP contribution < -0.4 is 0 Å². The molecular formula is C15H27NO4. The second kappa shape index (κ2) is 8.95. The summed E-state index contributed by atoms with van der Waals surface area (Å²) in [5.74, 6) is -1.16. The zero-order valence-corrected chi connectivity index (χ0v) is 12.4. The van der Waals surface area contributed by atoms with Gasteiger partial charge in [0.1, 0.15) is 6.04 Å². The summed E-state index contributed by atoms with van der Waals surface area (Å²) in [6.45, 7) is 2.34. The van der Waals surface area contributed by atoms with E-state index in [0.717, 1.165) is 19.3 Å². The van der Waals surface area contributed by atoms with Gasteiger partial charge in [0.15, 0.2) is 0 Å². The Labute approximate surface area is 121 Å². The predicted molar refractivity (Wildman–Crippen MR) is 76.4 cm³/mol. The third-order valence-electron chi connectivity index (χ3n) is 3.88. The van der Waals surface area contributed by atoms with Gasteiger partial charge in [-0.2, -0.15) is 0 Å². The van der Waals surface area contributed by atoms with Gasteiger partial charge in [0, 0.05) is 19.4 Å². The Morgan fingerprint density at radius 1 is 1.10 bits per heavy atom. The number of aliphatic hydroxyl groups excluding tert-OH is 1. The molecule has 1 rings (SSSR count). The summed E-state index contributed by atoms with van der Waals surface area (Å²) in [5, 5.41) is 18.5. The largest absolute Gasteiger partial charge is 0.480 e. The molecule has 0 aromatic rings. The van der Waals surface area contributed by atoms with Gasteiger partial charge in [-0.15, -0.1) is 0 Å². The number of aliphatic carboxylic acids is 1. The van der Waals surface area contributed by atoms with Crippen molar-refractivity contribution in [3.63, 3.8) is 0 Å². The van der Waals surface area contributed by atoms with Crippen LogP contribution in [-0.2, 0) is 9.59 Å². The van der Waals surface area contributed by atoms with Crippen molar-refractivity contribution < 1.29 is 19.8 Å². The first-order valence-corrected chi connectivity index (χ1v) is 7.76. The number of β-amino-alcohol motifs (C(OH)–C–C–N with tert-alkyl or cyclic N) is 1. The lowest BCUT2D eigenvalue weighted by molar-refractivity contribution is -0.148. The normalized spacial score (nSPS) is 22.2. The molecule has 0 radical (unpaired) electrons. The number of carboxylic acids is 1. The van der Waals surface area contributed by atoms with Gasteiger partial charge in [-0.25, -0.2) is 4.79 Å². The first kappa shape index (κ1) is 17.0. The van der Waals surface area contributed by atoms with Crippen molar-refractivity contribution in [3.8, 4) is 0 Å². The van der Waals surface area contributed by atoms with Crippen LogP contribution in [0, 0.1) is 0 Å². The SMILES string of the molecule is CCCCCCCCCC(=O)N1C[C@H](O)C[C@@H]1C(=O)O. The molecule has 0 aliphatic carbocycles. The number of likely N-dealkylation sites (tertiary alicyclic amines) is 1. The molecule has 20 heavy (non-hydrogen) atoms. The zero-order chi connectivity index (χ0) is 15.0. The lowest BCUT2D eigenvalue weighted by atomic mass is 10.1. The van der Waals surface area contributed by atoms with Crippen molar-refractivity contribution in [2.75, 3.05) is 6.54 Å². The van der Waals surface area contributed by atoms with E-state index in [1.54, 1.807) is 0 Å². The molecule has 1 heterocycles. The van der Waals surface area contributed by atoms with E-state index in [1.807, 2.05) is 0 Å². The van der Waals surface area contributed by atoms with Crippen molar-refractivity contribution in [2.24, 2.45) is 0 Å². The molecule has 1 saturated heterocycles. The molecule has 1 aliphatic rings. The van der Waals surface area contributed by atoms with Crippen LogP contribution in [0.3, 0.4) is 0 Å². The highest BCUT2D eigenvalue weighted by Gasteiger charge is 2.38. The Morgan fingerprint density at radius 2 is 1.70 bits per heavy atom. The van der Waals surface area contributed by atoms with Crippen LogP contribution in [0.4, 0.5) is 0 Å². The molecule has 116 valence electrons. The van der Waals surface area contributed by atoms with E-state index < -0.39 is 18.1 Å². The van der Waals surface area contributed by atoms with Gasteiger partial charge in [-0.05, 0) is 6.42 Å². The molecule has 1 fully saturated rings. The number of carbonyl (C=O) groups excluding carboxylic acids is 1. The lowest BCUT2D eigenvalue weighted by Crippen LogP contribution is -2.40. The van der Waals surface area contributed by atoms with E-state index in [-0.39, 0.29) is 18.9 Å². The zero-order valence-electron chi connectivity index (χ0n) is 12.4. The fourth-order valence-electron chi connectivity index (χ4n) is 2.70. The molecule has 5 nitrogen and oxygen atoms in total. The Hall–Kier alpha value is -1.10. The summed E-state index contributed by atoms with van der Waals surface area (Å²) < 4.78 is 0. The Kier molecular flexibility index (Phi) is 7.59. The molecule has 2 N–H and O–H groups in total. The van der Waals surface area contributed by atoms with Crippen LogP contribution >= 0.6 is 0 Å². The third kappa shape index (κ3) is 5.49.